The Balaban J connectivity index is 1.95. The van der Waals surface area contributed by atoms with Gasteiger partial charge in [0.1, 0.15) is 5.69 Å². The number of anilines is 1. The SMILES string of the molecule is COCC1(c2cccc(-c3cc(N)on3)c2)CC1. The standard InChI is InChI=1S/C14H16N2O2/c1-17-9-14(5-6-14)11-4-2-3-10(7-11)12-8-13(15)18-16-12/h2-4,7-8H,5-6,9,15H2,1H3. The van der Waals surface area contributed by atoms with Crippen LogP contribution in [0.15, 0.2) is 34.9 Å². The molecule has 94 valence electrons. The zero-order valence-electron chi connectivity index (χ0n) is 10.3. The van der Waals surface area contributed by atoms with Crippen LogP contribution in [0.25, 0.3) is 11.3 Å². The van der Waals surface area contributed by atoms with E-state index in [0.717, 1.165) is 17.9 Å². The molecule has 0 saturated heterocycles. The van der Waals surface area contributed by atoms with Gasteiger partial charge >= 0.3 is 0 Å². The number of hydrogen-bond acceptors (Lipinski definition) is 4. The van der Waals surface area contributed by atoms with Crippen molar-refractivity contribution in [3.63, 3.8) is 0 Å². The van der Waals surface area contributed by atoms with Gasteiger partial charge in [0.05, 0.1) is 6.61 Å². The molecule has 1 aliphatic carbocycles. The summed E-state index contributed by atoms with van der Waals surface area (Å²) in [6, 6.07) is 10.1. The van der Waals surface area contributed by atoms with Gasteiger partial charge in [-0.05, 0) is 24.5 Å². The molecule has 1 aromatic heterocycles. The van der Waals surface area contributed by atoms with E-state index in [-0.39, 0.29) is 5.41 Å². The van der Waals surface area contributed by atoms with Gasteiger partial charge in [-0.1, -0.05) is 23.4 Å². The molecule has 0 aliphatic heterocycles. The number of benzene rings is 1. The number of ether oxygens (including phenoxy) is 1. The molecule has 4 heteroatoms. The fourth-order valence-electron chi connectivity index (χ4n) is 2.38. The molecule has 18 heavy (non-hydrogen) atoms. The summed E-state index contributed by atoms with van der Waals surface area (Å²) in [5.41, 5.74) is 8.89. The topological polar surface area (TPSA) is 61.3 Å². The predicted molar refractivity (Wildman–Crippen MR) is 69.1 cm³/mol. The van der Waals surface area contributed by atoms with Crippen LogP contribution in [0.4, 0.5) is 5.88 Å². The molecule has 1 heterocycles. The van der Waals surface area contributed by atoms with Crippen molar-refractivity contribution in [2.24, 2.45) is 0 Å². The minimum atomic E-state index is 0.208. The van der Waals surface area contributed by atoms with Crippen LogP contribution in [0, 0.1) is 0 Å². The molecule has 1 fully saturated rings. The number of nitrogens with zero attached hydrogens (tertiary/aromatic N) is 1. The molecular formula is C14H16N2O2. The Labute approximate surface area is 106 Å². The fourth-order valence-corrected chi connectivity index (χ4v) is 2.38. The van der Waals surface area contributed by atoms with Gasteiger partial charge in [-0.25, -0.2) is 0 Å². The summed E-state index contributed by atoms with van der Waals surface area (Å²) < 4.78 is 10.2. The maximum absolute atomic E-state index is 5.55. The van der Waals surface area contributed by atoms with Crippen molar-refractivity contribution in [1.29, 1.82) is 0 Å². The number of nitrogen functional groups attached to an aromatic ring is 1. The van der Waals surface area contributed by atoms with E-state index in [4.69, 9.17) is 15.0 Å². The van der Waals surface area contributed by atoms with Crippen LogP contribution >= 0.6 is 0 Å². The summed E-state index contributed by atoms with van der Waals surface area (Å²) >= 11 is 0. The first-order valence-electron chi connectivity index (χ1n) is 6.06. The third-order valence-corrected chi connectivity index (χ3v) is 3.57. The summed E-state index contributed by atoms with van der Waals surface area (Å²) in [4.78, 5) is 0. The third-order valence-electron chi connectivity index (χ3n) is 3.57. The Bertz CT molecular complexity index is 558. The van der Waals surface area contributed by atoms with Gasteiger partial charge in [-0.3, -0.25) is 0 Å². The van der Waals surface area contributed by atoms with Crippen molar-refractivity contribution in [2.75, 3.05) is 19.5 Å². The van der Waals surface area contributed by atoms with E-state index < -0.39 is 0 Å². The number of nitrogens with two attached hydrogens (primary N) is 1. The Morgan fingerprint density at radius 1 is 1.39 bits per heavy atom. The molecule has 1 aliphatic rings. The van der Waals surface area contributed by atoms with Crippen molar-refractivity contribution in [3.05, 3.63) is 35.9 Å². The smallest absolute Gasteiger partial charge is 0.222 e. The highest BCUT2D eigenvalue weighted by molar-refractivity contribution is 5.62. The lowest BCUT2D eigenvalue weighted by atomic mass is 9.94. The Hall–Kier alpha value is -1.81. The summed E-state index contributed by atoms with van der Waals surface area (Å²) in [6.07, 6.45) is 2.37. The predicted octanol–water partition coefficient (Wildman–Crippen LogP) is 2.60. The number of methoxy groups -OCH3 is 1. The number of hydrogen-bond donors (Lipinski definition) is 1. The molecule has 0 atom stereocenters. The summed E-state index contributed by atoms with van der Waals surface area (Å²) in [5.74, 6) is 0.341. The summed E-state index contributed by atoms with van der Waals surface area (Å²) in [7, 11) is 1.75. The Kier molecular flexibility index (Phi) is 2.59. The highest BCUT2D eigenvalue weighted by Crippen LogP contribution is 2.48. The van der Waals surface area contributed by atoms with E-state index in [1.54, 1.807) is 13.2 Å². The largest absolute Gasteiger partial charge is 0.384 e. The molecule has 0 bridgehead atoms. The van der Waals surface area contributed by atoms with Gasteiger partial charge in [0.2, 0.25) is 5.88 Å². The van der Waals surface area contributed by atoms with Gasteiger partial charge in [0, 0.05) is 24.2 Å². The molecule has 3 rings (SSSR count). The first kappa shape index (κ1) is 11.3. The maximum atomic E-state index is 5.55. The summed E-state index contributed by atoms with van der Waals surface area (Å²) in [6.45, 7) is 0.775. The second-order valence-electron chi connectivity index (χ2n) is 4.91. The van der Waals surface area contributed by atoms with Gasteiger partial charge in [0.15, 0.2) is 0 Å². The molecule has 4 nitrogen and oxygen atoms in total. The zero-order valence-corrected chi connectivity index (χ0v) is 10.3. The third kappa shape index (κ3) is 1.88. The molecule has 0 unspecified atom stereocenters. The van der Waals surface area contributed by atoms with Gasteiger partial charge < -0.3 is 15.0 Å². The molecule has 0 radical (unpaired) electrons. The monoisotopic (exact) mass is 244 g/mol. The van der Waals surface area contributed by atoms with E-state index in [2.05, 4.69) is 17.3 Å². The lowest BCUT2D eigenvalue weighted by molar-refractivity contribution is 0.171. The number of aromatic nitrogens is 1. The molecule has 0 amide bonds. The molecule has 1 aromatic carbocycles. The van der Waals surface area contributed by atoms with Crippen LogP contribution < -0.4 is 5.73 Å². The second kappa shape index (κ2) is 4.14. The Morgan fingerprint density at radius 2 is 2.22 bits per heavy atom. The van der Waals surface area contributed by atoms with Crippen LogP contribution in [-0.2, 0) is 10.2 Å². The second-order valence-corrected chi connectivity index (χ2v) is 4.91. The van der Waals surface area contributed by atoms with Crippen molar-refractivity contribution in [1.82, 2.24) is 5.16 Å². The molecular weight excluding hydrogens is 228 g/mol. The minimum Gasteiger partial charge on any atom is -0.384 e. The van der Waals surface area contributed by atoms with Crippen molar-refractivity contribution in [3.8, 4) is 11.3 Å². The van der Waals surface area contributed by atoms with Crippen LogP contribution in [-0.4, -0.2) is 18.9 Å². The highest BCUT2D eigenvalue weighted by Gasteiger charge is 2.44. The van der Waals surface area contributed by atoms with Gasteiger partial charge in [-0.15, -0.1) is 0 Å². The van der Waals surface area contributed by atoms with Crippen molar-refractivity contribution in [2.45, 2.75) is 18.3 Å². The van der Waals surface area contributed by atoms with Crippen LogP contribution in [0.5, 0.6) is 0 Å². The first-order valence-corrected chi connectivity index (χ1v) is 6.06. The molecule has 0 spiro atoms. The van der Waals surface area contributed by atoms with E-state index in [9.17, 15) is 0 Å². The van der Waals surface area contributed by atoms with E-state index in [0.29, 0.717) is 5.88 Å². The average Bonchev–Trinajstić information content (AvgIpc) is 3.04. The fraction of sp³-hybridized carbons (Fsp3) is 0.357. The zero-order chi connectivity index (χ0) is 12.6. The van der Waals surface area contributed by atoms with Crippen LogP contribution in [0.3, 0.4) is 0 Å². The van der Waals surface area contributed by atoms with Crippen LogP contribution in [0.2, 0.25) is 0 Å². The minimum absolute atomic E-state index is 0.208. The molecule has 2 aromatic rings. The van der Waals surface area contributed by atoms with Gasteiger partial charge in [-0.2, -0.15) is 0 Å². The molecule has 2 N–H and O–H groups in total. The lowest BCUT2D eigenvalue weighted by Crippen LogP contribution is -2.13. The van der Waals surface area contributed by atoms with Crippen LogP contribution in [0.1, 0.15) is 18.4 Å². The quantitative estimate of drug-likeness (QED) is 0.898. The number of rotatable bonds is 4. The van der Waals surface area contributed by atoms with Crippen molar-refractivity contribution >= 4 is 5.88 Å². The maximum Gasteiger partial charge on any atom is 0.222 e. The Morgan fingerprint density at radius 3 is 2.83 bits per heavy atom. The lowest BCUT2D eigenvalue weighted by Gasteiger charge is -2.15. The first-order chi connectivity index (χ1) is 8.73. The van der Waals surface area contributed by atoms with E-state index >= 15 is 0 Å². The van der Waals surface area contributed by atoms with E-state index in [1.807, 2.05) is 12.1 Å². The summed E-state index contributed by atoms with van der Waals surface area (Å²) in [5, 5.41) is 3.94. The highest BCUT2D eigenvalue weighted by atomic mass is 16.5. The average molecular weight is 244 g/mol. The molecule has 1 saturated carbocycles. The van der Waals surface area contributed by atoms with Gasteiger partial charge in [0.25, 0.3) is 0 Å². The normalized spacial score (nSPS) is 16.7. The van der Waals surface area contributed by atoms with E-state index in [1.165, 1.54) is 18.4 Å². The van der Waals surface area contributed by atoms with Crippen molar-refractivity contribution < 1.29 is 9.26 Å².